The van der Waals surface area contributed by atoms with Crippen LogP contribution in [0.2, 0.25) is 0 Å². The van der Waals surface area contributed by atoms with Gasteiger partial charge in [-0.15, -0.1) is 0 Å². The number of amides is 1. The van der Waals surface area contributed by atoms with Crippen LogP contribution in [0.25, 0.3) is 33.7 Å². The van der Waals surface area contributed by atoms with E-state index in [4.69, 9.17) is 0 Å². The lowest BCUT2D eigenvalue weighted by atomic mass is 9.91. The van der Waals surface area contributed by atoms with E-state index in [2.05, 4.69) is 15.0 Å². The summed E-state index contributed by atoms with van der Waals surface area (Å²) in [7, 11) is 3.67. The van der Waals surface area contributed by atoms with E-state index in [0.29, 0.717) is 18.5 Å². The normalized spacial score (nSPS) is 19.4. The summed E-state index contributed by atoms with van der Waals surface area (Å²) < 4.78 is 2.02. The van der Waals surface area contributed by atoms with E-state index in [1.165, 1.54) is 0 Å². The minimum atomic E-state index is -1.47. The van der Waals surface area contributed by atoms with Crippen molar-refractivity contribution in [1.82, 2.24) is 24.4 Å². The molecule has 0 saturated carbocycles. The highest BCUT2D eigenvalue weighted by molar-refractivity contribution is 5.93. The Labute approximate surface area is 167 Å². The van der Waals surface area contributed by atoms with E-state index in [1.54, 1.807) is 24.2 Å². The highest BCUT2D eigenvalue weighted by Crippen LogP contribution is 2.35. The van der Waals surface area contributed by atoms with Gasteiger partial charge in [0.1, 0.15) is 11.5 Å². The Hall–Kier alpha value is -3.45. The largest absolute Gasteiger partial charge is 0.375 e. The van der Waals surface area contributed by atoms with Crippen LogP contribution in [0.4, 0.5) is 0 Å². The maximum Gasteiger partial charge on any atom is 0.258 e. The molecule has 0 aliphatic carbocycles. The first-order valence-electron chi connectivity index (χ1n) is 9.52. The SMILES string of the molecule is CN1CC[C@@](O)(c2cccc(-c3ncc(-c4c[nH]c5ncccc45)n3C)c2)C1=O. The number of benzene rings is 1. The van der Waals surface area contributed by atoms with Crippen molar-refractivity contribution in [2.24, 2.45) is 7.05 Å². The molecule has 0 bridgehead atoms. The minimum absolute atomic E-state index is 0.263. The van der Waals surface area contributed by atoms with E-state index >= 15 is 0 Å². The molecule has 1 fully saturated rings. The van der Waals surface area contributed by atoms with Crippen molar-refractivity contribution in [2.75, 3.05) is 13.6 Å². The number of aliphatic hydroxyl groups is 1. The zero-order chi connectivity index (χ0) is 20.2. The molecule has 7 nitrogen and oxygen atoms in total. The number of carbonyl (C=O) groups excluding carboxylic acids is 1. The number of H-pyrrole nitrogens is 1. The Morgan fingerprint density at radius 2 is 2.03 bits per heavy atom. The standard InChI is InChI=1S/C22H21N5O2/c1-26-10-8-22(29,21(26)28)15-6-3-5-14(11-15)20-25-13-18(27(20)2)17-12-24-19-16(17)7-4-9-23-19/h3-7,9,11-13,29H,8,10H2,1-2H3,(H,23,24)/t22-/m1/s1. The zero-order valence-electron chi connectivity index (χ0n) is 16.3. The zero-order valence-corrected chi connectivity index (χ0v) is 16.3. The van der Waals surface area contributed by atoms with Crippen LogP contribution in [0.1, 0.15) is 12.0 Å². The summed E-state index contributed by atoms with van der Waals surface area (Å²) in [5, 5.41) is 12.0. The molecule has 5 rings (SSSR count). The molecule has 1 aromatic carbocycles. The number of nitrogens with one attached hydrogen (secondary N) is 1. The molecule has 1 aliphatic rings. The second kappa shape index (κ2) is 6.28. The van der Waals surface area contributed by atoms with Crippen molar-refractivity contribution in [3.8, 4) is 22.6 Å². The van der Waals surface area contributed by atoms with Gasteiger partial charge in [-0.2, -0.15) is 0 Å². The maximum absolute atomic E-state index is 12.5. The third-order valence-corrected chi connectivity index (χ3v) is 5.82. The lowest BCUT2D eigenvalue weighted by Gasteiger charge is -2.21. The predicted molar refractivity (Wildman–Crippen MR) is 110 cm³/mol. The molecule has 1 amide bonds. The average molecular weight is 387 g/mol. The number of nitrogens with zero attached hydrogens (tertiary/aromatic N) is 4. The smallest absolute Gasteiger partial charge is 0.258 e. The number of hydrogen-bond acceptors (Lipinski definition) is 4. The van der Waals surface area contributed by atoms with Crippen molar-refractivity contribution < 1.29 is 9.90 Å². The molecule has 4 aromatic rings. The van der Waals surface area contributed by atoms with Crippen LogP contribution in [0, 0.1) is 0 Å². The summed E-state index contributed by atoms with van der Waals surface area (Å²) in [5.74, 6) is 0.504. The van der Waals surface area contributed by atoms with Crippen LogP contribution in [0.15, 0.2) is 55.0 Å². The van der Waals surface area contributed by atoms with E-state index in [0.717, 1.165) is 33.7 Å². The van der Waals surface area contributed by atoms with Gasteiger partial charge in [-0.1, -0.05) is 18.2 Å². The van der Waals surface area contributed by atoms with Gasteiger partial charge in [0.05, 0.1) is 11.9 Å². The first-order valence-corrected chi connectivity index (χ1v) is 9.52. The van der Waals surface area contributed by atoms with Gasteiger partial charge >= 0.3 is 0 Å². The first kappa shape index (κ1) is 17.6. The van der Waals surface area contributed by atoms with Gasteiger partial charge in [0.25, 0.3) is 5.91 Å². The van der Waals surface area contributed by atoms with E-state index in [-0.39, 0.29) is 5.91 Å². The lowest BCUT2D eigenvalue weighted by Crippen LogP contribution is -2.36. The van der Waals surface area contributed by atoms with Gasteiger partial charge < -0.3 is 19.6 Å². The molecule has 0 unspecified atom stereocenters. The number of carbonyl (C=O) groups is 1. The lowest BCUT2D eigenvalue weighted by molar-refractivity contribution is -0.143. The van der Waals surface area contributed by atoms with Crippen LogP contribution >= 0.6 is 0 Å². The molecule has 0 radical (unpaired) electrons. The number of likely N-dealkylation sites (N-methyl/N-ethyl adjacent to an activating group) is 1. The minimum Gasteiger partial charge on any atom is -0.375 e. The number of fused-ring (bicyclic) bond motifs is 1. The van der Waals surface area contributed by atoms with Gasteiger partial charge in [0, 0.05) is 56.0 Å². The monoisotopic (exact) mass is 387 g/mol. The van der Waals surface area contributed by atoms with Crippen molar-refractivity contribution in [3.05, 3.63) is 60.6 Å². The van der Waals surface area contributed by atoms with Crippen molar-refractivity contribution in [1.29, 1.82) is 0 Å². The number of rotatable bonds is 3. The number of pyridine rings is 1. The molecule has 1 atom stereocenters. The summed E-state index contributed by atoms with van der Waals surface area (Å²) in [6, 6.07) is 11.4. The first-order chi connectivity index (χ1) is 14.0. The summed E-state index contributed by atoms with van der Waals surface area (Å²) in [4.78, 5) is 26.2. The van der Waals surface area contributed by atoms with Gasteiger partial charge in [0.2, 0.25) is 0 Å². The van der Waals surface area contributed by atoms with Crippen molar-refractivity contribution in [2.45, 2.75) is 12.0 Å². The van der Waals surface area contributed by atoms with Gasteiger partial charge in [-0.05, 0) is 23.8 Å². The molecule has 3 aromatic heterocycles. The van der Waals surface area contributed by atoms with Gasteiger partial charge in [-0.3, -0.25) is 4.79 Å². The molecule has 0 spiro atoms. The van der Waals surface area contributed by atoms with E-state index in [1.807, 2.05) is 54.3 Å². The molecule has 29 heavy (non-hydrogen) atoms. The Kier molecular flexibility index (Phi) is 3.82. The fourth-order valence-corrected chi connectivity index (χ4v) is 4.13. The van der Waals surface area contributed by atoms with E-state index < -0.39 is 5.60 Å². The molecule has 4 heterocycles. The van der Waals surface area contributed by atoms with Crippen LogP contribution in [0.5, 0.6) is 0 Å². The number of aromatic nitrogens is 4. The van der Waals surface area contributed by atoms with Crippen molar-refractivity contribution in [3.63, 3.8) is 0 Å². The summed E-state index contributed by atoms with van der Waals surface area (Å²) in [6.07, 6.45) is 5.92. The fourth-order valence-electron chi connectivity index (χ4n) is 4.13. The number of hydrogen-bond donors (Lipinski definition) is 2. The molecule has 2 N–H and O–H groups in total. The Morgan fingerprint density at radius 1 is 1.17 bits per heavy atom. The summed E-state index contributed by atoms with van der Waals surface area (Å²) in [6.45, 7) is 0.542. The molecular formula is C22H21N5O2. The summed E-state index contributed by atoms with van der Waals surface area (Å²) >= 11 is 0. The predicted octanol–water partition coefficient (Wildman–Crippen LogP) is 2.68. The van der Waals surface area contributed by atoms with Crippen LogP contribution in [-0.2, 0) is 17.4 Å². The van der Waals surface area contributed by atoms with Gasteiger partial charge in [0.15, 0.2) is 5.60 Å². The Bertz CT molecular complexity index is 1240. The number of aromatic amines is 1. The second-order valence-electron chi connectivity index (χ2n) is 7.55. The van der Waals surface area contributed by atoms with Crippen LogP contribution in [-0.4, -0.2) is 49.0 Å². The highest BCUT2D eigenvalue weighted by atomic mass is 16.3. The maximum atomic E-state index is 12.5. The Morgan fingerprint density at radius 3 is 2.83 bits per heavy atom. The molecule has 1 aliphatic heterocycles. The highest BCUT2D eigenvalue weighted by Gasteiger charge is 2.45. The van der Waals surface area contributed by atoms with Crippen molar-refractivity contribution >= 4 is 16.9 Å². The number of likely N-dealkylation sites (tertiary alicyclic amines) is 1. The second-order valence-corrected chi connectivity index (χ2v) is 7.55. The molecular weight excluding hydrogens is 366 g/mol. The van der Waals surface area contributed by atoms with Crippen LogP contribution in [0.3, 0.4) is 0 Å². The summed E-state index contributed by atoms with van der Waals surface area (Å²) in [5.41, 5.74) is 2.80. The fraction of sp³-hybridized carbons (Fsp3) is 0.227. The quantitative estimate of drug-likeness (QED) is 0.566. The van der Waals surface area contributed by atoms with E-state index in [9.17, 15) is 9.90 Å². The van der Waals surface area contributed by atoms with Crippen LogP contribution < -0.4 is 0 Å². The topological polar surface area (TPSA) is 87.0 Å². The molecule has 1 saturated heterocycles. The van der Waals surface area contributed by atoms with Gasteiger partial charge in [-0.25, -0.2) is 9.97 Å². The molecule has 7 heteroatoms. The number of imidazole rings is 1. The Balaban J connectivity index is 1.58. The average Bonchev–Trinajstić information content (AvgIpc) is 3.41. The molecule has 146 valence electrons. The third kappa shape index (κ3) is 2.58. The third-order valence-electron chi connectivity index (χ3n) is 5.82.